The first-order chi connectivity index (χ1) is 17.4. The minimum absolute atomic E-state index is 0.126. The molecule has 2 atom stereocenters. The molecule has 1 aliphatic heterocycles. The van der Waals surface area contributed by atoms with Gasteiger partial charge in [0, 0.05) is 49.8 Å². The molecule has 2 heterocycles. The van der Waals surface area contributed by atoms with E-state index in [9.17, 15) is 13.4 Å². The lowest BCUT2D eigenvalue weighted by molar-refractivity contribution is 0.0985. The number of morpholine rings is 1. The maximum Gasteiger partial charge on any atom is 0.318 e. The number of ether oxygens (including phenoxy) is 1. The van der Waals surface area contributed by atoms with E-state index >= 15 is 0 Å². The van der Waals surface area contributed by atoms with Crippen LogP contribution in [0.1, 0.15) is 25.5 Å². The zero-order chi connectivity index (χ0) is 25.3. The lowest BCUT2D eigenvalue weighted by Gasteiger charge is -2.34. The summed E-state index contributed by atoms with van der Waals surface area (Å²) >= 11 is 0. The highest BCUT2D eigenvalue weighted by atomic mass is 32.2. The fraction of sp³-hybridized carbons (Fsp3) is 0.346. The molecular formula is C26H29FN5O3S+. The third-order valence-electron chi connectivity index (χ3n) is 6.63. The largest absolute Gasteiger partial charge is 0.377 e. The molecule has 1 aromatic heterocycles. The summed E-state index contributed by atoms with van der Waals surface area (Å²) in [6.45, 7) is 3.97. The van der Waals surface area contributed by atoms with Crippen LogP contribution in [0.5, 0.6) is 0 Å². The van der Waals surface area contributed by atoms with Crippen molar-refractivity contribution in [3.8, 4) is 11.4 Å². The molecule has 3 aromatic rings. The van der Waals surface area contributed by atoms with Gasteiger partial charge in [-0.15, -0.1) is 4.21 Å². The van der Waals surface area contributed by atoms with Gasteiger partial charge in [-0.25, -0.2) is 19.2 Å². The van der Waals surface area contributed by atoms with Crippen LogP contribution in [0.3, 0.4) is 0 Å². The van der Waals surface area contributed by atoms with Gasteiger partial charge in [-0.1, -0.05) is 6.07 Å². The lowest BCUT2D eigenvalue weighted by Crippen LogP contribution is -2.44. The van der Waals surface area contributed by atoms with Gasteiger partial charge in [0.05, 0.1) is 19.3 Å². The average Bonchev–Trinajstić information content (AvgIpc) is 3.71. The summed E-state index contributed by atoms with van der Waals surface area (Å²) in [5, 5.41) is 5.26. The van der Waals surface area contributed by atoms with Gasteiger partial charge < -0.3 is 20.3 Å². The topological polar surface area (TPSA) is 96.5 Å². The van der Waals surface area contributed by atoms with Gasteiger partial charge in [-0.2, -0.15) is 0 Å². The van der Waals surface area contributed by atoms with Crippen molar-refractivity contribution < 1.29 is 18.1 Å². The summed E-state index contributed by atoms with van der Waals surface area (Å²) in [6.07, 6.45) is 1.42. The van der Waals surface area contributed by atoms with Crippen molar-refractivity contribution in [3.05, 3.63) is 66.1 Å². The number of carbonyl (C=O) groups is 1. The quantitative estimate of drug-likeness (QED) is 0.384. The highest BCUT2D eigenvalue weighted by Gasteiger charge is 2.58. The SMILES string of the molecule is CNC(=O)Nc1ccc(-c2nc(N3CCOC[C@@H]3C)cc(C3([SH+](=O)c4cccc(F)c4)CC3)n2)cc1. The van der Waals surface area contributed by atoms with Crippen LogP contribution in [0.15, 0.2) is 59.5 Å². The predicted molar refractivity (Wildman–Crippen MR) is 138 cm³/mol. The molecule has 2 aliphatic rings. The Labute approximate surface area is 211 Å². The first kappa shape index (κ1) is 24.3. The number of rotatable bonds is 6. The Morgan fingerprint density at radius 3 is 2.61 bits per heavy atom. The second-order valence-electron chi connectivity index (χ2n) is 9.14. The number of anilines is 2. The van der Waals surface area contributed by atoms with Crippen molar-refractivity contribution in [1.82, 2.24) is 15.3 Å². The van der Waals surface area contributed by atoms with Crippen molar-refractivity contribution in [2.24, 2.45) is 0 Å². The van der Waals surface area contributed by atoms with Crippen molar-refractivity contribution in [1.29, 1.82) is 0 Å². The number of amides is 2. The summed E-state index contributed by atoms with van der Waals surface area (Å²) in [6, 6.07) is 15.1. The Balaban J connectivity index is 1.55. The standard InChI is InChI=1S/C26H28FN5O3S/c1-17-16-35-13-12-32(17)23-15-22(26(10-11-26)36(34)21-5-3-4-19(27)14-21)30-24(31-23)18-6-8-20(9-7-18)29-25(33)28-2/h3-9,14-15,17H,10-13,16H2,1-2H3,(H2,28,29,33)/p+1/t17-,36?/m0/s1. The van der Waals surface area contributed by atoms with Gasteiger partial charge in [-0.05, 0) is 43.3 Å². The normalized spacial score (nSPS) is 19.4. The van der Waals surface area contributed by atoms with Crippen LogP contribution < -0.4 is 15.5 Å². The third kappa shape index (κ3) is 4.83. The van der Waals surface area contributed by atoms with E-state index in [2.05, 4.69) is 22.5 Å². The zero-order valence-corrected chi connectivity index (χ0v) is 21.1. The van der Waals surface area contributed by atoms with Gasteiger partial charge >= 0.3 is 6.03 Å². The number of benzene rings is 2. The van der Waals surface area contributed by atoms with E-state index in [1.165, 1.54) is 12.1 Å². The van der Waals surface area contributed by atoms with Crippen molar-refractivity contribution in [3.63, 3.8) is 0 Å². The Morgan fingerprint density at radius 2 is 1.94 bits per heavy atom. The number of nitrogens with zero attached hydrogens (tertiary/aromatic N) is 3. The number of hydrogen-bond donors (Lipinski definition) is 2. The van der Waals surface area contributed by atoms with E-state index in [-0.39, 0.29) is 12.1 Å². The van der Waals surface area contributed by atoms with Crippen LogP contribution in [0.4, 0.5) is 20.7 Å². The second kappa shape index (κ2) is 9.94. The molecule has 2 fully saturated rings. The van der Waals surface area contributed by atoms with Crippen molar-refractivity contribution in [2.75, 3.05) is 37.0 Å². The summed E-state index contributed by atoms with van der Waals surface area (Å²) in [7, 11) is -0.362. The molecule has 36 heavy (non-hydrogen) atoms. The first-order valence-electron chi connectivity index (χ1n) is 12.0. The molecular weight excluding hydrogens is 481 g/mol. The maximum atomic E-state index is 13.9. The Hall–Kier alpha value is -3.37. The van der Waals surface area contributed by atoms with Gasteiger partial charge in [0.1, 0.15) is 28.1 Å². The summed E-state index contributed by atoms with van der Waals surface area (Å²) in [4.78, 5) is 24.1. The number of hydrogen-bond acceptors (Lipinski definition) is 6. The average molecular weight is 511 g/mol. The van der Waals surface area contributed by atoms with Crippen LogP contribution in [0.2, 0.25) is 0 Å². The van der Waals surface area contributed by atoms with E-state index in [4.69, 9.17) is 14.7 Å². The molecule has 2 amide bonds. The van der Waals surface area contributed by atoms with E-state index < -0.39 is 21.4 Å². The summed E-state index contributed by atoms with van der Waals surface area (Å²) < 4.78 is 32.6. The fourth-order valence-electron chi connectivity index (χ4n) is 4.44. The third-order valence-corrected chi connectivity index (χ3v) is 8.84. The molecule has 1 saturated carbocycles. The summed E-state index contributed by atoms with van der Waals surface area (Å²) in [5.41, 5.74) is 2.13. The van der Waals surface area contributed by atoms with Gasteiger partial charge in [0.25, 0.3) is 0 Å². The molecule has 10 heteroatoms. The molecule has 5 rings (SSSR count). The molecule has 1 aliphatic carbocycles. The number of carbonyl (C=O) groups excluding carboxylic acids is 1. The minimum Gasteiger partial charge on any atom is -0.377 e. The molecule has 0 spiro atoms. The minimum atomic E-state index is -1.92. The van der Waals surface area contributed by atoms with Gasteiger partial charge in [0.2, 0.25) is 0 Å². The van der Waals surface area contributed by atoms with Crippen LogP contribution in [0, 0.1) is 5.82 Å². The number of thiol groups is 1. The van der Waals surface area contributed by atoms with Crippen molar-refractivity contribution >= 4 is 28.3 Å². The number of urea groups is 1. The zero-order valence-electron chi connectivity index (χ0n) is 20.2. The van der Waals surface area contributed by atoms with Gasteiger partial charge in [0.15, 0.2) is 15.5 Å². The molecule has 1 saturated heterocycles. The van der Waals surface area contributed by atoms with E-state index in [1.54, 1.807) is 31.3 Å². The molecule has 188 valence electrons. The number of nitrogens with one attached hydrogen (secondary N) is 2. The van der Waals surface area contributed by atoms with Crippen molar-refractivity contribution in [2.45, 2.75) is 35.4 Å². The monoisotopic (exact) mass is 510 g/mol. The van der Waals surface area contributed by atoms with Crippen LogP contribution >= 0.6 is 0 Å². The molecule has 0 radical (unpaired) electrons. The summed E-state index contributed by atoms with van der Waals surface area (Å²) in [5.74, 6) is 0.872. The number of halogens is 1. The maximum absolute atomic E-state index is 13.9. The smallest absolute Gasteiger partial charge is 0.318 e. The van der Waals surface area contributed by atoms with Crippen LogP contribution in [0.25, 0.3) is 11.4 Å². The molecule has 2 N–H and O–H groups in total. The Morgan fingerprint density at radius 1 is 1.17 bits per heavy atom. The molecule has 1 unspecified atom stereocenters. The highest BCUT2D eigenvalue weighted by molar-refractivity contribution is 7.86. The van der Waals surface area contributed by atoms with Crippen LogP contribution in [-0.2, 0) is 24.5 Å². The van der Waals surface area contributed by atoms with E-state index in [0.717, 1.165) is 11.4 Å². The molecule has 2 aromatic carbocycles. The second-order valence-corrected chi connectivity index (χ2v) is 11.1. The van der Waals surface area contributed by atoms with Gasteiger partial charge in [-0.3, -0.25) is 0 Å². The van der Waals surface area contributed by atoms with E-state index in [1.807, 2.05) is 18.2 Å². The molecule has 0 bridgehead atoms. The molecule has 8 nitrogen and oxygen atoms in total. The fourth-order valence-corrected chi connectivity index (χ4v) is 6.24. The van der Waals surface area contributed by atoms with Crippen LogP contribution in [-0.4, -0.2) is 48.8 Å². The Kier molecular flexibility index (Phi) is 6.72. The first-order valence-corrected chi connectivity index (χ1v) is 13.2. The predicted octanol–water partition coefficient (Wildman–Crippen LogP) is 4.00. The lowest BCUT2D eigenvalue weighted by atomic mass is 10.1. The van der Waals surface area contributed by atoms with E-state index in [0.29, 0.717) is 54.7 Å². The highest BCUT2D eigenvalue weighted by Crippen LogP contribution is 2.53. The number of aromatic nitrogens is 2. The Bertz CT molecular complexity index is 1300.